The zero-order valence-corrected chi connectivity index (χ0v) is 16.3. The number of aryl methyl sites for hydroxylation is 2. The molecule has 2 rings (SSSR count). The van der Waals surface area contributed by atoms with E-state index >= 15 is 0 Å². The number of amides is 1. The van der Waals surface area contributed by atoms with Crippen LogP contribution >= 0.6 is 0 Å². The summed E-state index contributed by atoms with van der Waals surface area (Å²) in [6.45, 7) is 11.8. The maximum atomic E-state index is 12.4. The normalized spacial score (nSPS) is 17.4. The molecule has 1 saturated heterocycles. The minimum Gasteiger partial charge on any atom is -0.490 e. The molecule has 4 nitrogen and oxygen atoms in total. The molecule has 1 unspecified atom stereocenters. The molecular formula is C21H33NO3. The van der Waals surface area contributed by atoms with E-state index in [-0.39, 0.29) is 23.8 Å². The predicted octanol–water partition coefficient (Wildman–Crippen LogP) is 3.86. The maximum absolute atomic E-state index is 12.4. The molecule has 1 aliphatic heterocycles. The second kappa shape index (κ2) is 8.22. The van der Waals surface area contributed by atoms with Crippen LogP contribution in [0.5, 0.6) is 5.75 Å². The number of hydrogen-bond donors (Lipinski definition) is 1. The van der Waals surface area contributed by atoms with Crippen LogP contribution in [0, 0.1) is 19.3 Å². The first-order valence-electron chi connectivity index (χ1n) is 9.34. The van der Waals surface area contributed by atoms with Gasteiger partial charge in [0.25, 0.3) is 0 Å². The molecule has 1 N–H and O–H groups in total. The van der Waals surface area contributed by atoms with Gasteiger partial charge in [0.15, 0.2) is 0 Å². The fourth-order valence-corrected chi connectivity index (χ4v) is 3.48. The van der Waals surface area contributed by atoms with Gasteiger partial charge in [0, 0.05) is 25.9 Å². The van der Waals surface area contributed by atoms with Crippen molar-refractivity contribution in [1.29, 1.82) is 0 Å². The molecule has 1 fully saturated rings. The van der Waals surface area contributed by atoms with E-state index in [0.29, 0.717) is 19.5 Å². The van der Waals surface area contributed by atoms with E-state index in [0.717, 1.165) is 29.7 Å². The van der Waals surface area contributed by atoms with Gasteiger partial charge in [-0.3, -0.25) is 4.79 Å². The summed E-state index contributed by atoms with van der Waals surface area (Å²) in [6.07, 6.45) is 2.15. The van der Waals surface area contributed by atoms with Gasteiger partial charge in [-0.15, -0.1) is 0 Å². The van der Waals surface area contributed by atoms with Crippen LogP contribution in [0.3, 0.4) is 0 Å². The Hall–Kier alpha value is -1.55. The summed E-state index contributed by atoms with van der Waals surface area (Å²) in [7, 11) is 0. The van der Waals surface area contributed by atoms with Crippen molar-refractivity contribution in [2.24, 2.45) is 5.41 Å². The van der Waals surface area contributed by atoms with Gasteiger partial charge in [-0.2, -0.15) is 0 Å². The van der Waals surface area contributed by atoms with Gasteiger partial charge in [0.05, 0.1) is 12.5 Å². The lowest BCUT2D eigenvalue weighted by atomic mass is 9.88. The molecule has 1 aromatic carbocycles. The van der Waals surface area contributed by atoms with Crippen LogP contribution in [0.15, 0.2) is 18.2 Å². The van der Waals surface area contributed by atoms with E-state index in [1.807, 2.05) is 11.0 Å². The number of carbonyl (C=O) groups excluding carboxylic acids is 1. The number of likely N-dealkylation sites (tertiary alicyclic amines) is 1. The minimum atomic E-state index is -0.559. The summed E-state index contributed by atoms with van der Waals surface area (Å²) < 4.78 is 6.20. The minimum absolute atomic E-state index is 0.0337. The number of para-hydroxylation sites is 1. The van der Waals surface area contributed by atoms with Crippen molar-refractivity contribution in [1.82, 2.24) is 4.90 Å². The maximum Gasteiger partial charge on any atom is 0.225 e. The van der Waals surface area contributed by atoms with Crippen molar-refractivity contribution in [2.75, 3.05) is 13.1 Å². The van der Waals surface area contributed by atoms with Crippen LogP contribution in [-0.4, -0.2) is 41.2 Å². The van der Waals surface area contributed by atoms with Gasteiger partial charge in [0.2, 0.25) is 5.91 Å². The van der Waals surface area contributed by atoms with Crippen molar-refractivity contribution in [3.63, 3.8) is 0 Å². The second-order valence-corrected chi connectivity index (χ2v) is 8.54. The smallest absolute Gasteiger partial charge is 0.225 e. The van der Waals surface area contributed by atoms with E-state index < -0.39 is 6.10 Å². The highest BCUT2D eigenvalue weighted by Gasteiger charge is 2.27. The quantitative estimate of drug-likeness (QED) is 0.880. The van der Waals surface area contributed by atoms with Crippen molar-refractivity contribution in [2.45, 2.75) is 72.5 Å². The van der Waals surface area contributed by atoms with Gasteiger partial charge in [-0.25, -0.2) is 0 Å². The molecule has 140 valence electrons. The Balaban J connectivity index is 1.82. The van der Waals surface area contributed by atoms with Crippen LogP contribution in [0.1, 0.15) is 57.6 Å². The fourth-order valence-electron chi connectivity index (χ4n) is 3.48. The molecular weight excluding hydrogens is 314 g/mol. The zero-order chi connectivity index (χ0) is 18.6. The standard InChI is InChI=1S/C21H33NO3/c1-15-7-6-8-16(2)20(15)25-18-9-11-22(12-10-18)19(24)13-17(23)14-21(3,4)5/h6-8,17-18,23H,9-14H2,1-5H3. The Morgan fingerprint density at radius 3 is 2.32 bits per heavy atom. The first-order chi connectivity index (χ1) is 11.7. The van der Waals surface area contributed by atoms with E-state index in [1.165, 1.54) is 0 Å². The molecule has 0 bridgehead atoms. The highest BCUT2D eigenvalue weighted by Crippen LogP contribution is 2.27. The third-order valence-electron chi connectivity index (χ3n) is 4.75. The Morgan fingerprint density at radius 2 is 1.80 bits per heavy atom. The fraction of sp³-hybridized carbons (Fsp3) is 0.667. The van der Waals surface area contributed by atoms with E-state index in [4.69, 9.17) is 4.74 Å². The molecule has 0 saturated carbocycles. The molecule has 1 atom stereocenters. The van der Waals surface area contributed by atoms with Crippen LogP contribution < -0.4 is 4.74 Å². The van der Waals surface area contributed by atoms with Crippen LogP contribution in [0.2, 0.25) is 0 Å². The first kappa shape index (κ1) is 19.8. The predicted molar refractivity (Wildman–Crippen MR) is 101 cm³/mol. The number of nitrogens with zero attached hydrogens (tertiary/aromatic N) is 1. The SMILES string of the molecule is Cc1cccc(C)c1OC1CCN(C(=O)CC(O)CC(C)(C)C)CC1. The van der Waals surface area contributed by atoms with E-state index in [2.05, 4.69) is 46.8 Å². The second-order valence-electron chi connectivity index (χ2n) is 8.54. The number of hydrogen-bond acceptors (Lipinski definition) is 3. The number of ether oxygens (including phenoxy) is 1. The topological polar surface area (TPSA) is 49.8 Å². The van der Waals surface area contributed by atoms with Crippen LogP contribution in [-0.2, 0) is 4.79 Å². The van der Waals surface area contributed by atoms with Gasteiger partial charge >= 0.3 is 0 Å². The van der Waals surface area contributed by atoms with E-state index in [1.54, 1.807) is 0 Å². The molecule has 0 radical (unpaired) electrons. The van der Waals surface area contributed by atoms with Crippen LogP contribution in [0.25, 0.3) is 0 Å². The third kappa shape index (κ3) is 6.03. The molecule has 0 spiro atoms. The number of benzene rings is 1. The van der Waals surface area contributed by atoms with E-state index in [9.17, 15) is 9.90 Å². The van der Waals surface area contributed by atoms with Crippen LogP contribution in [0.4, 0.5) is 0 Å². The number of aliphatic hydroxyl groups is 1. The molecule has 1 heterocycles. The van der Waals surface area contributed by atoms with Gasteiger partial charge in [-0.05, 0) is 36.8 Å². The number of rotatable bonds is 5. The Bertz CT molecular complexity index is 563. The lowest BCUT2D eigenvalue weighted by Crippen LogP contribution is -2.43. The van der Waals surface area contributed by atoms with Gasteiger partial charge < -0.3 is 14.7 Å². The average Bonchev–Trinajstić information content (AvgIpc) is 2.49. The van der Waals surface area contributed by atoms with Crippen molar-refractivity contribution in [3.05, 3.63) is 29.3 Å². The average molecular weight is 347 g/mol. The highest BCUT2D eigenvalue weighted by molar-refractivity contribution is 5.76. The van der Waals surface area contributed by atoms with Gasteiger partial charge in [-0.1, -0.05) is 39.0 Å². The number of aliphatic hydroxyl groups excluding tert-OH is 1. The molecule has 0 aliphatic carbocycles. The Labute approximate surface area is 152 Å². The molecule has 4 heteroatoms. The van der Waals surface area contributed by atoms with Crippen molar-refractivity contribution in [3.8, 4) is 5.75 Å². The number of piperidine rings is 1. The lowest BCUT2D eigenvalue weighted by Gasteiger charge is -2.33. The molecule has 1 aromatic rings. The Kier molecular flexibility index (Phi) is 6.50. The van der Waals surface area contributed by atoms with Crippen molar-refractivity contribution < 1.29 is 14.6 Å². The zero-order valence-electron chi connectivity index (χ0n) is 16.3. The lowest BCUT2D eigenvalue weighted by molar-refractivity contribution is -0.135. The monoisotopic (exact) mass is 347 g/mol. The summed E-state index contributed by atoms with van der Waals surface area (Å²) in [5.41, 5.74) is 2.35. The summed E-state index contributed by atoms with van der Waals surface area (Å²) >= 11 is 0. The first-order valence-corrected chi connectivity index (χ1v) is 9.34. The largest absolute Gasteiger partial charge is 0.490 e. The molecule has 0 aromatic heterocycles. The Morgan fingerprint density at radius 1 is 1.24 bits per heavy atom. The number of carbonyl (C=O) groups is 1. The third-order valence-corrected chi connectivity index (χ3v) is 4.75. The summed E-state index contributed by atoms with van der Waals surface area (Å²) in [5, 5.41) is 10.1. The highest BCUT2D eigenvalue weighted by atomic mass is 16.5. The molecule has 1 amide bonds. The molecule has 1 aliphatic rings. The molecule has 25 heavy (non-hydrogen) atoms. The summed E-state index contributed by atoms with van der Waals surface area (Å²) in [6, 6.07) is 6.18. The van der Waals surface area contributed by atoms with Crippen molar-refractivity contribution >= 4 is 5.91 Å². The summed E-state index contributed by atoms with van der Waals surface area (Å²) in [4.78, 5) is 14.3. The van der Waals surface area contributed by atoms with Gasteiger partial charge in [0.1, 0.15) is 11.9 Å². The summed E-state index contributed by atoms with van der Waals surface area (Å²) in [5.74, 6) is 1.04.